The molecule has 154 valence electrons. The van der Waals surface area contributed by atoms with Crippen LogP contribution >= 0.6 is 11.5 Å². The van der Waals surface area contributed by atoms with Gasteiger partial charge in [-0.15, -0.1) is 0 Å². The Kier molecular flexibility index (Phi) is 4.84. The van der Waals surface area contributed by atoms with Crippen LogP contribution < -0.4 is 10.6 Å². The molecule has 0 atom stereocenters. The second kappa shape index (κ2) is 7.66. The molecule has 0 aromatic carbocycles. The van der Waals surface area contributed by atoms with Gasteiger partial charge in [-0.1, -0.05) is 19.9 Å². The summed E-state index contributed by atoms with van der Waals surface area (Å²) in [6, 6.07) is 0. The van der Waals surface area contributed by atoms with Gasteiger partial charge in [0.15, 0.2) is 11.5 Å². The largest absolute Gasteiger partial charge is 0.327 e. The SMILES string of the molecule is CC(C)c1nsc(Nc2nccn3c(-c4cnn(C)c4)cnc23)c1C1=CCNCC1. The van der Waals surface area contributed by atoms with Crippen LogP contribution in [-0.4, -0.2) is 41.6 Å². The zero-order chi connectivity index (χ0) is 20.7. The van der Waals surface area contributed by atoms with E-state index < -0.39 is 0 Å². The maximum absolute atomic E-state index is 4.77. The van der Waals surface area contributed by atoms with Crippen LogP contribution in [0.2, 0.25) is 0 Å². The summed E-state index contributed by atoms with van der Waals surface area (Å²) >= 11 is 1.50. The molecule has 0 amide bonds. The predicted octanol–water partition coefficient (Wildman–Crippen LogP) is 3.83. The highest BCUT2D eigenvalue weighted by molar-refractivity contribution is 7.10. The second-order valence-electron chi connectivity index (χ2n) is 7.75. The molecule has 4 aromatic heterocycles. The molecule has 5 rings (SSSR count). The summed E-state index contributed by atoms with van der Waals surface area (Å²) in [6.45, 7) is 6.27. The molecule has 30 heavy (non-hydrogen) atoms. The molecule has 1 aliphatic rings. The molecular weight excluding hydrogens is 396 g/mol. The summed E-state index contributed by atoms with van der Waals surface area (Å²) < 4.78 is 8.61. The van der Waals surface area contributed by atoms with Gasteiger partial charge in [0.1, 0.15) is 5.00 Å². The van der Waals surface area contributed by atoms with Crippen molar-refractivity contribution in [1.82, 2.24) is 33.8 Å². The van der Waals surface area contributed by atoms with Crippen LogP contribution in [0.5, 0.6) is 0 Å². The first-order valence-electron chi connectivity index (χ1n) is 10.1. The van der Waals surface area contributed by atoms with Crippen molar-refractivity contribution in [2.75, 3.05) is 18.4 Å². The van der Waals surface area contributed by atoms with Gasteiger partial charge in [-0.05, 0) is 36.0 Å². The third-order valence-corrected chi connectivity index (χ3v) is 6.09. The van der Waals surface area contributed by atoms with Gasteiger partial charge in [0, 0.05) is 43.3 Å². The summed E-state index contributed by atoms with van der Waals surface area (Å²) in [5, 5.41) is 12.2. The number of aromatic nitrogens is 6. The lowest BCUT2D eigenvalue weighted by Crippen LogP contribution is -2.20. The standard InChI is InChI=1S/C21H24N8S/c1-13(2)18-17(14-4-6-22-7-5-14)21(30-27-18)26-19-20-24-11-16(29(20)9-8-23-19)15-10-25-28(3)12-15/h4,8-13,22H,5-7H2,1-3H3,(H,23,26). The van der Waals surface area contributed by atoms with Gasteiger partial charge in [0.2, 0.25) is 0 Å². The third kappa shape index (κ3) is 3.29. The number of aryl methyl sites for hydroxylation is 1. The van der Waals surface area contributed by atoms with Crippen molar-refractivity contribution in [2.45, 2.75) is 26.2 Å². The molecule has 0 bridgehead atoms. The van der Waals surface area contributed by atoms with Crippen molar-refractivity contribution < 1.29 is 0 Å². The van der Waals surface area contributed by atoms with Crippen molar-refractivity contribution in [3.8, 4) is 11.3 Å². The summed E-state index contributed by atoms with van der Waals surface area (Å²) in [4.78, 5) is 9.23. The molecule has 1 aliphatic heterocycles. The highest BCUT2D eigenvalue weighted by atomic mass is 32.1. The van der Waals surface area contributed by atoms with E-state index >= 15 is 0 Å². The Bertz CT molecular complexity index is 1230. The second-order valence-corrected chi connectivity index (χ2v) is 8.52. The van der Waals surface area contributed by atoms with Gasteiger partial charge >= 0.3 is 0 Å². The highest BCUT2D eigenvalue weighted by Crippen LogP contribution is 2.39. The molecule has 0 unspecified atom stereocenters. The lowest BCUT2D eigenvalue weighted by Gasteiger charge is -2.17. The van der Waals surface area contributed by atoms with Crippen LogP contribution in [0.3, 0.4) is 0 Å². The van der Waals surface area contributed by atoms with Crippen LogP contribution in [0, 0.1) is 0 Å². The Morgan fingerprint density at radius 3 is 2.87 bits per heavy atom. The van der Waals surface area contributed by atoms with Crippen LogP contribution in [0.25, 0.3) is 22.5 Å². The first kappa shape index (κ1) is 19.0. The van der Waals surface area contributed by atoms with E-state index in [9.17, 15) is 0 Å². The number of nitrogens with one attached hydrogen (secondary N) is 2. The van der Waals surface area contributed by atoms with Gasteiger partial charge in [-0.2, -0.15) is 9.47 Å². The van der Waals surface area contributed by atoms with E-state index in [-0.39, 0.29) is 0 Å². The number of nitrogens with zero attached hydrogens (tertiary/aromatic N) is 6. The number of imidazole rings is 1. The Morgan fingerprint density at radius 2 is 2.13 bits per heavy atom. The average molecular weight is 421 g/mol. The first-order valence-corrected chi connectivity index (χ1v) is 10.9. The van der Waals surface area contributed by atoms with Crippen LogP contribution in [0.4, 0.5) is 10.8 Å². The lowest BCUT2D eigenvalue weighted by atomic mass is 9.95. The Labute approximate surface area is 178 Å². The molecule has 5 heterocycles. The molecule has 9 heteroatoms. The van der Waals surface area contributed by atoms with E-state index in [0.29, 0.717) is 5.92 Å². The molecule has 0 fully saturated rings. The molecule has 0 saturated heterocycles. The molecule has 4 aromatic rings. The van der Waals surface area contributed by atoms with Crippen molar-refractivity contribution in [1.29, 1.82) is 0 Å². The number of fused-ring (bicyclic) bond motifs is 1. The minimum absolute atomic E-state index is 0.356. The Morgan fingerprint density at radius 1 is 1.23 bits per heavy atom. The normalized spacial score (nSPS) is 14.5. The summed E-state index contributed by atoms with van der Waals surface area (Å²) in [5.74, 6) is 1.08. The van der Waals surface area contributed by atoms with E-state index in [4.69, 9.17) is 4.37 Å². The number of anilines is 2. The van der Waals surface area contributed by atoms with E-state index in [1.54, 1.807) is 10.9 Å². The number of rotatable bonds is 5. The van der Waals surface area contributed by atoms with E-state index in [0.717, 1.165) is 52.9 Å². The summed E-state index contributed by atoms with van der Waals surface area (Å²) in [7, 11) is 1.91. The maximum Gasteiger partial charge on any atom is 0.180 e. The molecule has 2 N–H and O–H groups in total. The average Bonchev–Trinajstić information content (AvgIpc) is 3.47. The van der Waals surface area contributed by atoms with E-state index in [1.165, 1.54) is 22.7 Å². The van der Waals surface area contributed by atoms with Crippen molar-refractivity contribution in [2.24, 2.45) is 7.05 Å². The maximum atomic E-state index is 4.77. The Hall–Kier alpha value is -3.04. The lowest BCUT2D eigenvalue weighted by molar-refractivity contribution is 0.736. The van der Waals surface area contributed by atoms with E-state index in [2.05, 4.69) is 45.6 Å². The third-order valence-electron chi connectivity index (χ3n) is 5.31. The monoisotopic (exact) mass is 420 g/mol. The van der Waals surface area contributed by atoms with Gasteiger partial charge in [0.05, 0.1) is 23.8 Å². The van der Waals surface area contributed by atoms with E-state index in [1.807, 2.05) is 36.2 Å². The summed E-state index contributed by atoms with van der Waals surface area (Å²) in [5.41, 5.74) is 6.49. The zero-order valence-corrected chi connectivity index (χ0v) is 18.1. The molecule has 0 aliphatic carbocycles. The zero-order valence-electron chi connectivity index (χ0n) is 17.3. The van der Waals surface area contributed by atoms with Crippen LogP contribution in [-0.2, 0) is 7.05 Å². The molecule has 8 nitrogen and oxygen atoms in total. The number of hydrogen-bond acceptors (Lipinski definition) is 7. The van der Waals surface area contributed by atoms with Crippen molar-refractivity contribution >= 4 is 33.6 Å². The molecule has 0 saturated carbocycles. The van der Waals surface area contributed by atoms with Gasteiger partial charge in [-0.3, -0.25) is 9.08 Å². The van der Waals surface area contributed by atoms with Crippen molar-refractivity contribution in [3.63, 3.8) is 0 Å². The highest BCUT2D eigenvalue weighted by Gasteiger charge is 2.22. The molecule has 0 spiro atoms. The van der Waals surface area contributed by atoms with Gasteiger partial charge in [-0.25, -0.2) is 9.97 Å². The van der Waals surface area contributed by atoms with Crippen LogP contribution in [0.1, 0.15) is 37.4 Å². The molecular formula is C21H24N8S. The van der Waals surface area contributed by atoms with Gasteiger partial charge < -0.3 is 10.6 Å². The molecule has 0 radical (unpaired) electrons. The fourth-order valence-electron chi connectivity index (χ4n) is 3.82. The quantitative estimate of drug-likeness (QED) is 0.510. The Balaban J connectivity index is 1.57. The van der Waals surface area contributed by atoms with Crippen molar-refractivity contribution in [3.05, 3.63) is 48.3 Å². The minimum atomic E-state index is 0.356. The predicted molar refractivity (Wildman–Crippen MR) is 120 cm³/mol. The van der Waals surface area contributed by atoms with Crippen LogP contribution in [0.15, 0.2) is 37.1 Å². The smallest absolute Gasteiger partial charge is 0.180 e. The summed E-state index contributed by atoms with van der Waals surface area (Å²) in [6.07, 6.45) is 12.7. The topological polar surface area (TPSA) is 85.0 Å². The van der Waals surface area contributed by atoms with Gasteiger partial charge in [0.25, 0.3) is 0 Å². The fraction of sp³-hybridized carbons (Fsp3) is 0.333. The minimum Gasteiger partial charge on any atom is -0.327 e. The number of hydrogen-bond donors (Lipinski definition) is 2. The fourth-order valence-corrected chi connectivity index (χ4v) is 4.78. The first-order chi connectivity index (χ1) is 14.6.